The monoisotopic (exact) mass is 439 g/mol. The third-order valence-electron chi connectivity index (χ3n) is 6.15. The van der Waals surface area contributed by atoms with Gasteiger partial charge in [-0.15, -0.1) is 0 Å². The quantitative estimate of drug-likeness (QED) is 0.498. The Morgan fingerprint density at radius 1 is 1.03 bits per heavy atom. The smallest absolute Gasteiger partial charge is 0.323 e. The summed E-state index contributed by atoms with van der Waals surface area (Å²) in [5.74, 6) is -3.37. The minimum Gasteiger partial charge on any atom is -0.323 e. The van der Waals surface area contributed by atoms with E-state index in [9.17, 15) is 23.2 Å². The molecule has 3 aromatic rings. The van der Waals surface area contributed by atoms with Crippen LogP contribution in [0.1, 0.15) is 36.0 Å². The molecule has 0 radical (unpaired) electrons. The van der Waals surface area contributed by atoms with Crippen LogP contribution in [0.4, 0.5) is 13.6 Å². The second kappa shape index (κ2) is 7.18. The van der Waals surface area contributed by atoms with E-state index in [0.717, 1.165) is 15.9 Å². The van der Waals surface area contributed by atoms with Gasteiger partial charge in [-0.2, -0.15) is 0 Å². The van der Waals surface area contributed by atoms with Crippen LogP contribution in [0, 0.1) is 0 Å². The van der Waals surface area contributed by atoms with E-state index in [1.165, 1.54) is 6.20 Å². The summed E-state index contributed by atoms with van der Waals surface area (Å²) >= 11 is 0. The number of hydrogen-bond donors (Lipinski definition) is 1. The molecular weight excluding hydrogens is 420 g/mol. The third kappa shape index (κ3) is 3.31. The molecular formula is C22H19F2N5O3. The molecule has 2 aliphatic rings. The van der Waals surface area contributed by atoms with E-state index in [1.807, 2.05) is 24.3 Å². The topological polar surface area (TPSA) is 97.2 Å². The highest BCUT2D eigenvalue weighted by molar-refractivity contribution is 6.11. The predicted molar refractivity (Wildman–Crippen MR) is 110 cm³/mol. The van der Waals surface area contributed by atoms with Crippen LogP contribution in [0.2, 0.25) is 0 Å². The second-order valence-electron chi connectivity index (χ2n) is 8.19. The largest absolute Gasteiger partial charge is 0.325 e. The van der Waals surface area contributed by atoms with Crippen LogP contribution in [-0.2, 0) is 4.79 Å². The summed E-state index contributed by atoms with van der Waals surface area (Å²) in [7, 11) is 0. The molecule has 0 unspecified atom stereocenters. The van der Waals surface area contributed by atoms with Gasteiger partial charge >= 0.3 is 6.03 Å². The lowest BCUT2D eigenvalue weighted by atomic mass is 9.80. The summed E-state index contributed by atoms with van der Waals surface area (Å²) in [5, 5.41) is 2.53. The molecule has 8 nitrogen and oxygen atoms in total. The first-order valence-corrected chi connectivity index (χ1v) is 10.2. The maximum absolute atomic E-state index is 13.5. The number of ketones is 1. The number of carbonyl (C=O) groups is 3. The van der Waals surface area contributed by atoms with Crippen molar-refractivity contribution in [2.75, 3.05) is 6.54 Å². The van der Waals surface area contributed by atoms with Crippen molar-refractivity contribution in [1.29, 1.82) is 0 Å². The molecule has 3 heterocycles. The van der Waals surface area contributed by atoms with Gasteiger partial charge in [0.1, 0.15) is 17.7 Å². The Kier molecular flexibility index (Phi) is 4.54. The van der Waals surface area contributed by atoms with Gasteiger partial charge in [0.05, 0.1) is 17.6 Å². The molecule has 1 aromatic carbocycles. The van der Waals surface area contributed by atoms with Gasteiger partial charge < -0.3 is 5.32 Å². The molecule has 5 rings (SSSR count). The number of aromatic nitrogens is 3. The number of imide groups is 1. The molecule has 0 bridgehead atoms. The van der Waals surface area contributed by atoms with Gasteiger partial charge in [-0.1, -0.05) is 12.1 Å². The van der Waals surface area contributed by atoms with Crippen LogP contribution in [0.5, 0.6) is 0 Å². The molecule has 3 amide bonds. The standard InChI is InChI=1S/C22H19F2N5O3/c23-22(24)9-7-21(8-10-22)19(31)28(20(32)27-21)12-17(30)14-5-6-18(25-11-14)29-13-26-15-3-1-2-4-16(15)29/h1-6,11,13H,7-10,12H2,(H,27,32). The minimum absolute atomic E-state index is 0.148. The van der Waals surface area contributed by atoms with Crippen molar-refractivity contribution in [2.45, 2.75) is 37.1 Å². The summed E-state index contributed by atoms with van der Waals surface area (Å²) < 4.78 is 28.8. The highest BCUT2D eigenvalue weighted by atomic mass is 19.3. The van der Waals surface area contributed by atoms with Crippen LogP contribution in [0.25, 0.3) is 16.9 Å². The summed E-state index contributed by atoms with van der Waals surface area (Å²) in [5.41, 5.74) is 0.558. The summed E-state index contributed by atoms with van der Waals surface area (Å²) in [6.07, 6.45) is 1.76. The fourth-order valence-corrected chi connectivity index (χ4v) is 4.27. The average molecular weight is 439 g/mol. The van der Waals surface area contributed by atoms with Crippen LogP contribution in [0.15, 0.2) is 48.9 Å². The second-order valence-corrected chi connectivity index (χ2v) is 8.19. The van der Waals surface area contributed by atoms with E-state index in [-0.39, 0.29) is 18.4 Å². The number of hydrogen-bond acceptors (Lipinski definition) is 5. The van der Waals surface area contributed by atoms with E-state index in [1.54, 1.807) is 23.0 Å². The Morgan fingerprint density at radius 3 is 2.50 bits per heavy atom. The summed E-state index contributed by atoms with van der Waals surface area (Å²) in [6.45, 7) is -0.474. The number of pyridine rings is 1. The molecule has 164 valence electrons. The van der Waals surface area contributed by atoms with Crippen molar-refractivity contribution >= 4 is 28.8 Å². The lowest BCUT2D eigenvalue weighted by Gasteiger charge is -2.34. The van der Waals surface area contributed by atoms with Crippen LogP contribution < -0.4 is 5.32 Å². The maximum Gasteiger partial charge on any atom is 0.325 e. The van der Waals surface area contributed by atoms with Gasteiger partial charge in [-0.05, 0) is 37.1 Å². The number of nitrogens with zero attached hydrogens (tertiary/aromatic N) is 4. The average Bonchev–Trinajstić information content (AvgIpc) is 3.31. The van der Waals surface area contributed by atoms with Crippen molar-refractivity contribution < 1.29 is 23.2 Å². The number of halogens is 2. The van der Waals surface area contributed by atoms with Crippen LogP contribution >= 0.6 is 0 Å². The summed E-state index contributed by atoms with van der Waals surface area (Å²) in [4.78, 5) is 47.3. The Morgan fingerprint density at radius 2 is 1.78 bits per heavy atom. The maximum atomic E-state index is 13.5. The van der Waals surface area contributed by atoms with Gasteiger partial charge in [-0.25, -0.2) is 23.5 Å². The van der Waals surface area contributed by atoms with Crippen molar-refractivity contribution in [3.05, 3.63) is 54.5 Å². The fourth-order valence-electron chi connectivity index (χ4n) is 4.27. The lowest BCUT2D eigenvalue weighted by molar-refractivity contribution is -0.135. The number of imidazole rings is 1. The molecule has 10 heteroatoms. The Bertz CT molecular complexity index is 1230. The molecule has 0 atom stereocenters. The van der Waals surface area contributed by atoms with Crippen molar-refractivity contribution in [3.8, 4) is 5.82 Å². The number of carbonyl (C=O) groups excluding carboxylic acids is 3. The van der Waals surface area contributed by atoms with Gasteiger partial charge in [0, 0.05) is 24.6 Å². The van der Waals surface area contributed by atoms with Crippen LogP contribution in [-0.4, -0.2) is 55.2 Å². The minimum atomic E-state index is -2.84. The number of fused-ring (bicyclic) bond motifs is 1. The summed E-state index contributed by atoms with van der Waals surface area (Å²) in [6, 6.07) is 10.0. The van der Waals surface area contributed by atoms with E-state index in [4.69, 9.17) is 0 Å². The Balaban J connectivity index is 1.31. The molecule has 32 heavy (non-hydrogen) atoms. The van der Waals surface area contributed by atoms with Crippen LogP contribution in [0.3, 0.4) is 0 Å². The zero-order valence-corrected chi connectivity index (χ0v) is 16.9. The SMILES string of the molecule is O=C(CN1C(=O)NC2(CCC(F)(F)CC2)C1=O)c1ccc(-n2cnc3ccccc32)nc1. The molecule has 1 N–H and O–H groups in total. The molecule has 2 aromatic heterocycles. The number of nitrogens with one attached hydrogen (secondary N) is 1. The fraction of sp³-hybridized carbons (Fsp3) is 0.318. The van der Waals surface area contributed by atoms with Gasteiger partial charge in [-0.3, -0.25) is 19.1 Å². The van der Waals surface area contributed by atoms with E-state index in [0.29, 0.717) is 5.82 Å². The zero-order chi connectivity index (χ0) is 22.5. The number of rotatable bonds is 4. The van der Waals surface area contributed by atoms with E-state index < -0.39 is 48.6 Å². The first-order valence-electron chi connectivity index (χ1n) is 10.2. The highest BCUT2D eigenvalue weighted by Crippen LogP contribution is 2.41. The van der Waals surface area contributed by atoms with Gasteiger partial charge in [0.2, 0.25) is 5.92 Å². The van der Waals surface area contributed by atoms with Gasteiger partial charge in [0.15, 0.2) is 5.78 Å². The lowest BCUT2D eigenvalue weighted by Crippen LogP contribution is -2.51. The van der Waals surface area contributed by atoms with Gasteiger partial charge in [0.25, 0.3) is 5.91 Å². The molecule has 1 aliphatic heterocycles. The third-order valence-corrected chi connectivity index (χ3v) is 6.15. The van der Waals surface area contributed by atoms with E-state index >= 15 is 0 Å². The molecule has 2 fully saturated rings. The number of Topliss-reactive ketones (excluding diaryl/α,β-unsaturated/α-hetero) is 1. The Labute approximate surface area is 181 Å². The first-order chi connectivity index (χ1) is 15.3. The van der Waals surface area contributed by atoms with E-state index in [2.05, 4.69) is 15.3 Å². The molecule has 1 saturated carbocycles. The Hall–Kier alpha value is -3.69. The number of amides is 3. The number of urea groups is 1. The zero-order valence-electron chi connectivity index (χ0n) is 16.9. The highest BCUT2D eigenvalue weighted by Gasteiger charge is 2.55. The van der Waals surface area contributed by atoms with Crippen molar-refractivity contribution in [3.63, 3.8) is 0 Å². The number of benzene rings is 1. The van der Waals surface area contributed by atoms with Crippen molar-refractivity contribution in [1.82, 2.24) is 24.8 Å². The number of para-hydroxylation sites is 2. The predicted octanol–water partition coefficient (Wildman–Crippen LogP) is 3.10. The normalized spacial score (nSPS) is 19.5. The molecule has 1 spiro atoms. The molecule has 1 saturated heterocycles. The molecule has 1 aliphatic carbocycles. The first kappa shape index (κ1) is 20.2. The van der Waals surface area contributed by atoms with Crippen molar-refractivity contribution in [2.24, 2.45) is 0 Å². The number of alkyl halides is 2.